The highest BCUT2D eigenvalue weighted by atomic mass is 16.5. The Morgan fingerprint density at radius 3 is 2.64 bits per heavy atom. The van der Waals surface area contributed by atoms with Crippen LogP contribution in [0.1, 0.15) is 11.6 Å². The van der Waals surface area contributed by atoms with E-state index in [0.717, 1.165) is 36.8 Å². The number of pyridine rings is 1. The van der Waals surface area contributed by atoms with Crippen LogP contribution in [0, 0.1) is 5.92 Å². The van der Waals surface area contributed by atoms with Gasteiger partial charge in [-0.3, -0.25) is 4.98 Å². The molecule has 1 aliphatic heterocycles. The number of imidazole rings is 1. The number of aromatic nitrogens is 3. The molecule has 0 spiro atoms. The van der Waals surface area contributed by atoms with Crippen LogP contribution in [0.25, 0.3) is 11.4 Å². The molecular weight excluding hydrogens is 314 g/mol. The third kappa shape index (κ3) is 3.28. The van der Waals surface area contributed by atoms with E-state index in [1.54, 1.807) is 7.11 Å². The minimum absolute atomic E-state index is 0.285. The van der Waals surface area contributed by atoms with Crippen LogP contribution < -0.4 is 4.74 Å². The van der Waals surface area contributed by atoms with Gasteiger partial charge in [0.1, 0.15) is 11.6 Å². The van der Waals surface area contributed by atoms with Crippen LogP contribution in [-0.2, 0) is 11.2 Å². The van der Waals surface area contributed by atoms with Gasteiger partial charge < -0.3 is 14.0 Å². The summed E-state index contributed by atoms with van der Waals surface area (Å²) < 4.78 is 13.3. The highest BCUT2D eigenvalue weighted by Gasteiger charge is 2.31. The van der Waals surface area contributed by atoms with E-state index >= 15 is 0 Å². The third-order valence-corrected chi connectivity index (χ3v) is 4.79. The fourth-order valence-electron chi connectivity index (χ4n) is 3.46. The Hall–Kier alpha value is -2.66. The van der Waals surface area contributed by atoms with Gasteiger partial charge in [-0.05, 0) is 48.4 Å². The molecule has 128 valence electrons. The Morgan fingerprint density at radius 1 is 1.08 bits per heavy atom. The van der Waals surface area contributed by atoms with E-state index in [4.69, 9.17) is 9.47 Å². The molecule has 3 aromatic rings. The van der Waals surface area contributed by atoms with Crippen molar-refractivity contribution >= 4 is 0 Å². The fourth-order valence-corrected chi connectivity index (χ4v) is 3.46. The van der Waals surface area contributed by atoms with Crippen molar-refractivity contribution in [1.82, 2.24) is 14.5 Å². The molecule has 25 heavy (non-hydrogen) atoms. The molecule has 2 atom stereocenters. The number of hydrogen-bond acceptors (Lipinski definition) is 4. The summed E-state index contributed by atoms with van der Waals surface area (Å²) in [6, 6.07) is 12.5. The molecule has 0 saturated carbocycles. The molecule has 3 heterocycles. The van der Waals surface area contributed by atoms with Crippen molar-refractivity contribution in [3.05, 3.63) is 66.7 Å². The molecule has 5 nitrogen and oxygen atoms in total. The monoisotopic (exact) mass is 335 g/mol. The zero-order valence-electron chi connectivity index (χ0n) is 14.2. The Balaban J connectivity index is 1.59. The maximum absolute atomic E-state index is 5.81. The van der Waals surface area contributed by atoms with E-state index in [1.807, 2.05) is 42.9 Å². The first-order valence-electron chi connectivity index (χ1n) is 8.49. The highest BCUT2D eigenvalue weighted by molar-refractivity contribution is 5.57. The smallest absolute Gasteiger partial charge is 0.140 e. The lowest BCUT2D eigenvalue weighted by atomic mass is 9.95. The molecule has 1 aromatic carbocycles. The van der Waals surface area contributed by atoms with Crippen molar-refractivity contribution < 1.29 is 9.47 Å². The zero-order valence-corrected chi connectivity index (χ0v) is 14.2. The van der Waals surface area contributed by atoms with Crippen LogP contribution in [0.3, 0.4) is 0 Å². The molecule has 0 N–H and O–H groups in total. The maximum Gasteiger partial charge on any atom is 0.140 e. The average Bonchev–Trinajstić information content (AvgIpc) is 3.31. The van der Waals surface area contributed by atoms with Gasteiger partial charge >= 0.3 is 0 Å². The standard InChI is InChI=1S/C20H21N3O2/c1-24-18-4-2-16(3-5-18)20-22-10-11-23(20)19-14-25-13-17(19)12-15-6-8-21-9-7-15/h2-11,17,19H,12-14H2,1H3/t17-,19-/m1/s1. The second kappa shape index (κ2) is 7.07. The Bertz CT molecular complexity index is 814. The summed E-state index contributed by atoms with van der Waals surface area (Å²) in [5.41, 5.74) is 2.38. The van der Waals surface area contributed by atoms with Crippen LogP contribution in [0.15, 0.2) is 61.2 Å². The Morgan fingerprint density at radius 2 is 1.88 bits per heavy atom. The summed E-state index contributed by atoms with van der Waals surface area (Å²) in [7, 11) is 1.68. The van der Waals surface area contributed by atoms with Gasteiger partial charge in [-0.15, -0.1) is 0 Å². The number of hydrogen-bond donors (Lipinski definition) is 0. The predicted molar refractivity (Wildman–Crippen MR) is 95.5 cm³/mol. The second-order valence-corrected chi connectivity index (χ2v) is 6.31. The third-order valence-electron chi connectivity index (χ3n) is 4.79. The number of benzene rings is 1. The van der Waals surface area contributed by atoms with E-state index in [1.165, 1.54) is 5.56 Å². The summed E-state index contributed by atoms with van der Waals surface area (Å²) >= 11 is 0. The zero-order chi connectivity index (χ0) is 17.1. The molecule has 1 aliphatic rings. The van der Waals surface area contributed by atoms with E-state index in [2.05, 4.69) is 32.9 Å². The number of ether oxygens (including phenoxy) is 2. The quantitative estimate of drug-likeness (QED) is 0.717. The van der Waals surface area contributed by atoms with Crippen molar-refractivity contribution in [2.24, 2.45) is 5.92 Å². The predicted octanol–water partition coefficient (Wildman–Crippen LogP) is 3.38. The van der Waals surface area contributed by atoms with Gasteiger partial charge in [-0.1, -0.05) is 0 Å². The van der Waals surface area contributed by atoms with Crippen LogP contribution in [0.5, 0.6) is 5.75 Å². The minimum atomic E-state index is 0.285. The van der Waals surface area contributed by atoms with Crippen LogP contribution in [0.2, 0.25) is 0 Å². The normalized spacial score (nSPS) is 19.9. The molecule has 1 saturated heterocycles. The van der Waals surface area contributed by atoms with E-state index < -0.39 is 0 Å². The lowest BCUT2D eigenvalue weighted by Gasteiger charge is -2.21. The van der Waals surface area contributed by atoms with Crippen LogP contribution in [-0.4, -0.2) is 34.9 Å². The Kier molecular flexibility index (Phi) is 4.48. The van der Waals surface area contributed by atoms with E-state index in [9.17, 15) is 0 Å². The van der Waals surface area contributed by atoms with E-state index in [0.29, 0.717) is 5.92 Å². The molecule has 1 fully saturated rings. The molecule has 5 heteroatoms. The first-order valence-corrected chi connectivity index (χ1v) is 8.49. The summed E-state index contributed by atoms with van der Waals surface area (Å²) in [6.07, 6.45) is 8.59. The van der Waals surface area contributed by atoms with Gasteiger partial charge in [-0.2, -0.15) is 0 Å². The van der Waals surface area contributed by atoms with Crippen LogP contribution >= 0.6 is 0 Å². The van der Waals surface area contributed by atoms with Gasteiger partial charge in [-0.25, -0.2) is 4.98 Å². The topological polar surface area (TPSA) is 49.2 Å². The molecule has 0 radical (unpaired) electrons. The van der Waals surface area contributed by atoms with Crippen LogP contribution in [0.4, 0.5) is 0 Å². The molecule has 0 amide bonds. The molecular formula is C20H21N3O2. The van der Waals surface area contributed by atoms with Crippen molar-refractivity contribution in [2.45, 2.75) is 12.5 Å². The number of rotatable bonds is 5. The maximum atomic E-state index is 5.81. The average molecular weight is 335 g/mol. The van der Waals surface area contributed by atoms with Gasteiger partial charge in [0, 0.05) is 36.3 Å². The Labute approximate surface area is 147 Å². The van der Waals surface area contributed by atoms with Crippen molar-refractivity contribution in [3.63, 3.8) is 0 Å². The molecule has 0 aliphatic carbocycles. The largest absolute Gasteiger partial charge is 0.497 e. The summed E-state index contributed by atoms with van der Waals surface area (Å²) in [6.45, 7) is 1.49. The van der Waals surface area contributed by atoms with Gasteiger partial charge in [0.25, 0.3) is 0 Å². The fraction of sp³-hybridized carbons (Fsp3) is 0.300. The first-order chi connectivity index (χ1) is 12.3. The lowest BCUT2D eigenvalue weighted by molar-refractivity contribution is 0.181. The van der Waals surface area contributed by atoms with Crippen molar-refractivity contribution in [2.75, 3.05) is 20.3 Å². The summed E-state index contributed by atoms with van der Waals surface area (Å²) in [5, 5.41) is 0. The first kappa shape index (κ1) is 15.8. The second-order valence-electron chi connectivity index (χ2n) is 6.31. The summed E-state index contributed by atoms with van der Waals surface area (Å²) in [4.78, 5) is 8.68. The summed E-state index contributed by atoms with van der Waals surface area (Å²) in [5.74, 6) is 2.24. The highest BCUT2D eigenvalue weighted by Crippen LogP contribution is 2.32. The van der Waals surface area contributed by atoms with Gasteiger partial charge in [0.15, 0.2) is 0 Å². The lowest BCUT2D eigenvalue weighted by Crippen LogP contribution is -2.20. The number of methoxy groups -OCH3 is 1. The molecule has 0 bridgehead atoms. The molecule has 2 aromatic heterocycles. The SMILES string of the molecule is COc1ccc(-c2nccn2[C@@H]2COC[C@H]2Cc2ccncc2)cc1. The van der Waals surface area contributed by atoms with Crippen molar-refractivity contribution in [1.29, 1.82) is 0 Å². The number of nitrogens with zero attached hydrogens (tertiary/aromatic N) is 3. The minimum Gasteiger partial charge on any atom is -0.497 e. The molecule has 0 unspecified atom stereocenters. The van der Waals surface area contributed by atoms with Gasteiger partial charge in [0.2, 0.25) is 0 Å². The molecule has 4 rings (SSSR count). The van der Waals surface area contributed by atoms with Crippen molar-refractivity contribution in [3.8, 4) is 17.1 Å². The van der Waals surface area contributed by atoms with E-state index in [-0.39, 0.29) is 6.04 Å². The van der Waals surface area contributed by atoms with Gasteiger partial charge in [0.05, 0.1) is 26.4 Å².